The molecule has 1 aliphatic carbocycles. The number of hydrogen-bond acceptors (Lipinski definition) is 3. The molecule has 1 aliphatic heterocycles. The third-order valence-electron chi connectivity index (χ3n) is 5.10. The van der Waals surface area contributed by atoms with E-state index in [1.54, 1.807) is 0 Å². The Morgan fingerprint density at radius 1 is 1.06 bits per heavy atom. The lowest BCUT2D eigenvalue weighted by atomic mass is 9.87. The molecule has 1 heterocycles. The molecule has 2 fully saturated rings. The van der Waals surface area contributed by atoms with Crippen LogP contribution in [0.15, 0.2) is 0 Å². The average molecular weight is 273 g/mol. The molecule has 4 heteroatoms. The largest absolute Gasteiger partial charge is 0.298 e. The Morgan fingerprint density at radius 3 is 2.22 bits per heavy atom. The van der Waals surface area contributed by atoms with Gasteiger partial charge in [0.15, 0.2) is 9.84 Å². The van der Waals surface area contributed by atoms with Gasteiger partial charge in [0, 0.05) is 19.1 Å². The van der Waals surface area contributed by atoms with Crippen LogP contribution in [0, 0.1) is 5.92 Å². The molecule has 2 rings (SSSR count). The summed E-state index contributed by atoms with van der Waals surface area (Å²) in [7, 11) is -2.88. The fourth-order valence-electron chi connectivity index (χ4n) is 3.44. The Hall–Kier alpha value is -0.0900. The minimum Gasteiger partial charge on any atom is -0.298 e. The highest BCUT2D eigenvalue weighted by Crippen LogP contribution is 2.39. The van der Waals surface area contributed by atoms with Gasteiger partial charge in [0.05, 0.1) is 10.5 Å². The molecule has 0 N–H and O–H groups in total. The summed E-state index contributed by atoms with van der Waals surface area (Å²) in [6.07, 6.45) is 5.15. The summed E-state index contributed by atoms with van der Waals surface area (Å²) in [5.41, 5.74) is 0. The molecule has 0 aromatic carbocycles. The van der Waals surface area contributed by atoms with Crippen molar-refractivity contribution in [3.63, 3.8) is 0 Å². The summed E-state index contributed by atoms with van der Waals surface area (Å²) in [4.78, 5) is 2.41. The molecule has 1 saturated carbocycles. The fraction of sp³-hybridized carbons (Fsp3) is 1.00. The predicted molar refractivity (Wildman–Crippen MR) is 75.5 cm³/mol. The molecule has 0 amide bonds. The van der Waals surface area contributed by atoms with Crippen LogP contribution in [-0.2, 0) is 9.84 Å². The molecular formula is C14H27NO2S. The molecule has 1 unspecified atom stereocenters. The van der Waals surface area contributed by atoms with E-state index < -0.39 is 14.6 Å². The Balaban J connectivity index is 2.20. The van der Waals surface area contributed by atoms with Gasteiger partial charge in [-0.05, 0) is 25.7 Å². The summed E-state index contributed by atoms with van der Waals surface area (Å²) < 4.78 is 24.5. The highest BCUT2D eigenvalue weighted by atomic mass is 32.2. The highest BCUT2D eigenvalue weighted by molar-refractivity contribution is 7.92. The van der Waals surface area contributed by atoms with Crippen LogP contribution in [0.3, 0.4) is 0 Å². The maximum atomic E-state index is 12.5. The van der Waals surface area contributed by atoms with Gasteiger partial charge >= 0.3 is 0 Å². The second-order valence-corrected chi connectivity index (χ2v) is 9.02. The summed E-state index contributed by atoms with van der Waals surface area (Å²) in [5.74, 6) is 0.954. The van der Waals surface area contributed by atoms with Gasteiger partial charge in [0.25, 0.3) is 0 Å². The summed E-state index contributed by atoms with van der Waals surface area (Å²) in [5, 5.41) is 0. The second kappa shape index (κ2) is 5.12. The van der Waals surface area contributed by atoms with Crippen molar-refractivity contribution in [3.8, 4) is 0 Å². The molecule has 3 nitrogen and oxygen atoms in total. The van der Waals surface area contributed by atoms with Crippen molar-refractivity contribution >= 4 is 9.84 Å². The standard InChI is InChI=1S/C14H27NO2S/c1-12(2)13(3)15-9-10-18(16,17)14(11-15)7-5-4-6-8-14/h12-13H,4-11H2,1-3H3. The van der Waals surface area contributed by atoms with Crippen molar-refractivity contribution in [2.45, 2.75) is 63.7 Å². The van der Waals surface area contributed by atoms with Crippen LogP contribution in [0.5, 0.6) is 0 Å². The van der Waals surface area contributed by atoms with Gasteiger partial charge in [-0.15, -0.1) is 0 Å². The minimum atomic E-state index is -2.88. The van der Waals surface area contributed by atoms with E-state index in [0.29, 0.717) is 17.7 Å². The Morgan fingerprint density at radius 2 is 1.67 bits per heavy atom. The summed E-state index contributed by atoms with van der Waals surface area (Å²) in [6.45, 7) is 8.18. The van der Waals surface area contributed by atoms with Crippen LogP contribution >= 0.6 is 0 Å². The molecule has 1 atom stereocenters. The third-order valence-corrected chi connectivity index (χ3v) is 7.68. The minimum absolute atomic E-state index is 0.365. The molecule has 18 heavy (non-hydrogen) atoms. The zero-order chi connectivity index (χ0) is 13.4. The maximum Gasteiger partial charge on any atom is 0.158 e. The topological polar surface area (TPSA) is 37.4 Å². The summed E-state index contributed by atoms with van der Waals surface area (Å²) >= 11 is 0. The molecular weight excluding hydrogens is 246 g/mol. The van der Waals surface area contributed by atoms with Crippen LogP contribution < -0.4 is 0 Å². The second-order valence-electron chi connectivity index (χ2n) is 6.52. The zero-order valence-corrected chi connectivity index (χ0v) is 12.8. The van der Waals surface area contributed by atoms with Gasteiger partial charge < -0.3 is 0 Å². The normalized spacial score (nSPS) is 29.6. The molecule has 0 radical (unpaired) electrons. The quantitative estimate of drug-likeness (QED) is 0.775. The monoisotopic (exact) mass is 273 g/mol. The van der Waals surface area contributed by atoms with E-state index in [-0.39, 0.29) is 0 Å². The molecule has 0 aromatic rings. The first-order chi connectivity index (χ1) is 8.38. The van der Waals surface area contributed by atoms with Crippen LogP contribution in [0.1, 0.15) is 52.9 Å². The van der Waals surface area contributed by atoms with E-state index in [1.165, 1.54) is 6.42 Å². The smallest absolute Gasteiger partial charge is 0.158 e. The van der Waals surface area contributed by atoms with E-state index in [4.69, 9.17) is 0 Å². The number of nitrogens with zero attached hydrogens (tertiary/aromatic N) is 1. The van der Waals surface area contributed by atoms with Crippen LogP contribution in [0.25, 0.3) is 0 Å². The highest BCUT2D eigenvalue weighted by Gasteiger charge is 2.48. The fourth-order valence-corrected chi connectivity index (χ4v) is 5.62. The van der Waals surface area contributed by atoms with Crippen LogP contribution in [0.2, 0.25) is 0 Å². The maximum absolute atomic E-state index is 12.5. The zero-order valence-electron chi connectivity index (χ0n) is 12.0. The number of rotatable bonds is 2. The SMILES string of the molecule is CC(C)C(C)N1CCS(=O)(=O)C2(CCCCC2)C1. The van der Waals surface area contributed by atoms with Gasteiger partial charge in [-0.1, -0.05) is 33.1 Å². The predicted octanol–water partition coefficient (Wildman–Crippen LogP) is 2.46. The van der Waals surface area contributed by atoms with Crippen molar-refractivity contribution in [2.24, 2.45) is 5.92 Å². The Kier molecular flexibility index (Phi) is 4.07. The van der Waals surface area contributed by atoms with E-state index in [9.17, 15) is 8.42 Å². The van der Waals surface area contributed by atoms with Crippen molar-refractivity contribution in [1.82, 2.24) is 4.90 Å². The molecule has 1 spiro atoms. The Labute approximate surface area is 112 Å². The molecule has 0 bridgehead atoms. The van der Waals surface area contributed by atoms with E-state index in [1.807, 2.05) is 0 Å². The number of hydrogen-bond donors (Lipinski definition) is 0. The van der Waals surface area contributed by atoms with Gasteiger partial charge in [-0.3, -0.25) is 4.90 Å². The Bertz CT molecular complexity index is 383. The van der Waals surface area contributed by atoms with E-state index >= 15 is 0 Å². The lowest BCUT2D eigenvalue weighted by Gasteiger charge is -2.47. The third kappa shape index (κ3) is 2.46. The first kappa shape index (κ1) is 14.3. The molecule has 1 saturated heterocycles. The van der Waals surface area contributed by atoms with Crippen molar-refractivity contribution in [3.05, 3.63) is 0 Å². The first-order valence-electron chi connectivity index (χ1n) is 7.34. The van der Waals surface area contributed by atoms with Gasteiger partial charge in [0.1, 0.15) is 0 Å². The van der Waals surface area contributed by atoms with Gasteiger partial charge in [-0.2, -0.15) is 0 Å². The van der Waals surface area contributed by atoms with Crippen molar-refractivity contribution in [1.29, 1.82) is 0 Å². The lowest BCUT2D eigenvalue weighted by molar-refractivity contribution is 0.135. The van der Waals surface area contributed by atoms with Gasteiger partial charge in [0.2, 0.25) is 0 Å². The van der Waals surface area contributed by atoms with Crippen LogP contribution in [-0.4, -0.2) is 42.9 Å². The molecule has 0 aromatic heterocycles. The first-order valence-corrected chi connectivity index (χ1v) is 9.00. The van der Waals surface area contributed by atoms with Crippen LogP contribution in [0.4, 0.5) is 0 Å². The van der Waals surface area contributed by atoms with E-state index in [2.05, 4.69) is 25.7 Å². The molecule has 106 valence electrons. The summed E-state index contributed by atoms with van der Waals surface area (Å²) in [6, 6.07) is 0.485. The van der Waals surface area contributed by atoms with Crippen molar-refractivity contribution < 1.29 is 8.42 Å². The average Bonchev–Trinajstić information content (AvgIpc) is 2.33. The van der Waals surface area contributed by atoms with Crippen molar-refractivity contribution in [2.75, 3.05) is 18.8 Å². The lowest BCUT2D eigenvalue weighted by Crippen LogP contribution is -2.59. The van der Waals surface area contributed by atoms with Gasteiger partial charge in [-0.25, -0.2) is 8.42 Å². The van der Waals surface area contributed by atoms with E-state index in [0.717, 1.165) is 38.8 Å². The number of sulfone groups is 1. The molecule has 2 aliphatic rings.